The van der Waals surface area contributed by atoms with Crippen LogP contribution in [-0.2, 0) is 11.3 Å². The number of nitrogens with zero attached hydrogens (tertiary/aromatic N) is 2. The first-order chi connectivity index (χ1) is 11.3. The molecule has 1 aromatic rings. The van der Waals surface area contributed by atoms with Crippen LogP contribution >= 0.6 is 0 Å². The number of hydrogen-bond acceptors (Lipinski definition) is 4. The largest absolute Gasteiger partial charge is 0.396 e. The number of amides is 1. The van der Waals surface area contributed by atoms with Gasteiger partial charge >= 0.3 is 0 Å². The summed E-state index contributed by atoms with van der Waals surface area (Å²) >= 11 is 0. The van der Waals surface area contributed by atoms with Crippen LogP contribution in [0.4, 0.5) is 0 Å². The molecule has 2 aliphatic rings. The third-order valence-corrected chi connectivity index (χ3v) is 4.75. The van der Waals surface area contributed by atoms with Gasteiger partial charge in [-0.2, -0.15) is 0 Å². The van der Waals surface area contributed by atoms with Crippen molar-refractivity contribution in [3.63, 3.8) is 0 Å². The van der Waals surface area contributed by atoms with Crippen LogP contribution in [0, 0.1) is 5.92 Å². The fraction of sp³-hybridized carbons (Fsp3) is 0.611. The number of rotatable bonds is 4. The first kappa shape index (κ1) is 16.4. The molecule has 1 aromatic carbocycles. The zero-order valence-corrected chi connectivity index (χ0v) is 13.6. The first-order valence-corrected chi connectivity index (χ1v) is 8.55. The third-order valence-electron chi connectivity index (χ3n) is 4.75. The minimum absolute atomic E-state index is 0.0898. The van der Waals surface area contributed by atoms with Gasteiger partial charge < -0.3 is 14.7 Å². The number of hydrogen-bond donors (Lipinski definition) is 1. The Morgan fingerprint density at radius 3 is 2.87 bits per heavy atom. The predicted molar refractivity (Wildman–Crippen MR) is 88.3 cm³/mol. The molecule has 5 heteroatoms. The average Bonchev–Trinajstić information content (AvgIpc) is 2.62. The summed E-state index contributed by atoms with van der Waals surface area (Å²) in [5.74, 6) is 0.316. The molecule has 0 bridgehead atoms. The fourth-order valence-corrected chi connectivity index (χ4v) is 3.40. The maximum Gasteiger partial charge on any atom is 0.253 e. The highest BCUT2D eigenvalue weighted by molar-refractivity contribution is 5.94. The van der Waals surface area contributed by atoms with Crippen molar-refractivity contribution in [3.05, 3.63) is 35.4 Å². The molecule has 0 spiro atoms. The normalized spacial score (nSPS) is 23.0. The van der Waals surface area contributed by atoms with E-state index in [1.807, 2.05) is 23.1 Å². The van der Waals surface area contributed by atoms with Crippen molar-refractivity contribution in [2.24, 2.45) is 5.92 Å². The summed E-state index contributed by atoms with van der Waals surface area (Å²) in [6, 6.07) is 7.96. The molecule has 1 N–H and O–H groups in total. The van der Waals surface area contributed by atoms with Crippen LogP contribution in [0.2, 0.25) is 0 Å². The molecule has 126 valence electrons. The molecule has 2 aliphatic heterocycles. The van der Waals surface area contributed by atoms with Crippen molar-refractivity contribution in [2.45, 2.75) is 19.4 Å². The predicted octanol–water partition coefficient (Wildman–Crippen LogP) is 1.36. The van der Waals surface area contributed by atoms with E-state index in [1.165, 1.54) is 5.56 Å². The quantitative estimate of drug-likeness (QED) is 0.911. The lowest BCUT2D eigenvalue weighted by molar-refractivity contribution is 0.0341. The topological polar surface area (TPSA) is 53.0 Å². The number of carbonyl (C=O) groups excluding carboxylic acids is 1. The van der Waals surface area contributed by atoms with Crippen LogP contribution in [0.25, 0.3) is 0 Å². The van der Waals surface area contributed by atoms with Gasteiger partial charge in [0.2, 0.25) is 0 Å². The molecule has 3 rings (SSSR count). The number of aliphatic hydroxyl groups excluding tert-OH is 1. The molecule has 23 heavy (non-hydrogen) atoms. The Morgan fingerprint density at radius 1 is 1.26 bits per heavy atom. The smallest absolute Gasteiger partial charge is 0.253 e. The zero-order chi connectivity index (χ0) is 16.1. The molecule has 2 fully saturated rings. The van der Waals surface area contributed by atoms with Gasteiger partial charge in [-0.15, -0.1) is 0 Å². The van der Waals surface area contributed by atoms with Crippen LogP contribution in [0.1, 0.15) is 28.8 Å². The molecular formula is C18H26N2O3. The molecule has 2 saturated heterocycles. The van der Waals surface area contributed by atoms with E-state index in [4.69, 9.17) is 4.74 Å². The molecule has 0 aliphatic carbocycles. The van der Waals surface area contributed by atoms with Crippen LogP contribution in [0.15, 0.2) is 24.3 Å². The Balaban J connectivity index is 1.65. The first-order valence-electron chi connectivity index (χ1n) is 8.55. The van der Waals surface area contributed by atoms with Crippen LogP contribution in [0.3, 0.4) is 0 Å². The van der Waals surface area contributed by atoms with E-state index in [0.717, 1.165) is 57.8 Å². The summed E-state index contributed by atoms with van der Waals surface area (Å²) in [5.41, 5.74) is 1.93. The second-order valence-electron chi connectivity index (χ2n) is 6.53. The van der Waals surface area contributed by atoms with Gasteiger partial charge in [0.15, 0.2) is 0 Å². The zero-order valence-electron chi connectivity index (χ0n) is 13.6. The number of likely N-dealkylation sites (tertiary alicyclic amines) is 1. The lowest BCUT2D eigenvalue weighted by Gasteiger charge is -2.32. The number of aliphatic hydroxyl groups is 1. The molecule has 2 heterocycles. The maximum atomic E-state index is 12.7. The van der Waals surface area contributed by atoms with E-state index in [9.17, 15) is 9.90 Å². The molecular weight excluding hydrogens is 292 g/mol. The van der Waals surface area contributed by atoms with Crippen molar-refractivity contribution >= 4 is 5.91 Å². The maximum absolute atomic E-state index is 12.7. The molecule has 1 unspecified atom stereocenters. The van der Waals surface area contributed by atoms with Gasteiger partial charge in [0.05, 0.1) is 13.2 Å². The Hall–Kier alpha value is -1.43. The monoisotopic (exact) mass is 318 g/mol. The number of ether oxygens (including phenoxy) is 1. The molecule has 0 radical (unpaired) electrons. The third kappa shape index (κ3) is 4.31. The summed E-state index contributed by atoms with van der Waals surface area (Å²) in [6.07, 6.45) is 1.99. The van der Waals surface area contributed by atoms with E-state index in [2.05, 4.69) is 11.0 Å². The molecule has 0 saturated carbocycles. The van der Waals surface area contributed by atoms with Gasteiger partial charge in [0.25, 0.3) is 5.91 Å². The number of morpholine rings is 1. The highest BCUT2D eigenvalue weighted by Gasteiger charge is 2.24. The van der Waals surface area contributed by atoms with E-state index >= 15 is 0 Å². The van der Waals surface area contributed by atoms with Crippen molar-refractivity contribution < 1.29 is 14.6 Å². The minimum Gasteiger partial charge on any atom is -0.396 e. The molecule has 1 amide bonds. The summed E-state index contributed by atoms with van der Waals surface area (Å²) < 4.78 is 5.38. The van der Waals surface area contributed by atoms with Gasteiger partial charge in [-0.25, -0.2) is 0 Å². The summed E-state index contributed by atoms with van der Waals surface area (Å²) in [5, 5.41) is 9.33. The Morgan fingerprint density at radius 2 is 2.09 bits per heavy atom. The van der Waals surface area contributed by atoms with E-state index in [-0.39, 0.29) is 18.4 Å². The molecule has 1 atom stereocenters. The van der Waals surface area contributed by atoms with Crippen LogP contribution in [0.5, 0.6) is 0 Å². The van der Waals surface area contributed by atoms with Crippen molar-refractivity contribution in [3.8, 4) is 0 Å². The highest BCUT2D eigenvalue weighted by atomic mass is 16.5. The highest BCUT2D eigenvalue weighted by Crippen LogP contribution is 2.19. The fourth-order valence-electron chi connectivity index (χ4n) is 3.40. The van der Waals surface area contributed by atoms with Gasteiger partial charge in [-0.05, 0) is 36.5 Å². The lowest BCUT2D eigenvalue weighted by Crippen LogP contribution is -2.41. The summed E-state index contributed by atoms with van der Waals surface area (Å²) in [4.78, 5) is 17.0. The number of carbonyl (C=O) groups is 1. The minimum atomic E-state index is 0.0898. The number of piperidine rings is 1. The van der Waals surface area contributed by atoms with Gasteiger partial charge in [0.1, 0.15) is 0 Å². The summed E-state index contributed by atoms with van der Waals surface area (Å²) in [7, 11) is 0. The SMILES string of the molecule is O=C(c1cccc(CN2CCOCC2)c1)N1CCCC(CO)C1. The molecule has 5 nitrogen and oxygen atoms in total. The standard InChI is InChI=1S/C18H26N2O3/c21-14-16-4-2-6-20(13-16)18(22)17-5-1-3-15(11-17)12-19-7-9-23-10-8-19/h1,3,5,11,16,21H,2,4,6-10,12-14H2. The molecule has 0 aromatic heterocycles. The van der Waals surface area contributed by atoms with Gasteiger partial charge in [-0.1, -0.05) is 12.1 Å². The van der Waals surface area contributed by atoms with Crippen molar-refractivity contribution in [1.82, 2.24) is 9.80 Å². The lowest BCUT2D eigenvalue weighted by atomic mass is 9.98. The Kier molecular flexibility index (Phi) is 5.65. The van der Waals surface area contributed by atoms with Crippen molar-refractivity contribution in [2.75, 3.05) is 46.0 Å². The Bertz CT molecular complexity index is 529. The van der Waals surface area contributed by atoms with E-state index < -0.39 is 0 Å². The Labute approximate surface area is 137 Å². The second kappa shape index (κ2) is 7.90. The van der Waals surface area contributed by atoms with Crippen molar-refractivity contribution in [1.29, 1.82) is 0 Å². The second-order valence-corrected chi connectivity index (χ2v) is 6.53. The van der Waals surface area contributed by atoms with Gasteiger partial charge in [0, 0.05) is 44.9 Å². The van der Waals surface area contributed by atoms with Crippen LogP contribution in [-0.4, -0.2) is 66.8 Å². The van der Waals surface area contributed by atoms with E-state index in [0.29, 0.717) is 6.54 Å². The number of benzene rings is 1. The average molecular weight is 318 g/mol. The summed E-state index contributed by atoms with van der Waals surface area (Å²) in [6.45, 7) is 5.96. The van der Waals surface area contributed by atoms with Crippen LogP contribution < -0.4 is 0 Å². The van der Waals surface area contributed by atoms with Gasteiger partial charge in [-0.3, -0.25) is 9.69 Å². The van der Waals surface area contributed by atoms with E-state index in [1.54, 1.807) is 0 Å².